The Balaban J connectivity index is 2.68. The average molecular weight is 355 g/mol. The van der Waals surface area contributed by atoms with Gasteiger partial charge in [0.15, 0.2) is 11.5 Å². The summed E-state index contributed by atoms with van der Waals surface area (Å²) in [6.45, 7) is 4.81. The van der Waals surface area contributed by atoms with E-state index in [1.807, 2.05) is 13.8 Å². The molecular formula is C17H23ClN2O4. The molecule has 0 spiro atoms. The first-order valence-electron chi connectivity index (χ1n) is 7.74. The lowest BCUT2D eigenvalue weighted by atomic mass is 10.2. The molecule has 1 aromatic carbocycles. The number of halogens is 1. The molecule has 0 saturated carbocycles. The van der Waals surface area contributed by atoms with Crippen LogP contribution in [0.2, 0.25) is 5.02 Å². The van der Waals surface area contributed by atoms with Gasteiger partial charge in [-0.05, 0) is 37.1 Å². The molecule has 0 aliphatic heterocycles. The number of amides is 2. The monoisotopic (exact) mass is 354 g/mol. The lowest BCUT2D eigenvalue weighted by Crippen LogP contribution is -2.36. The lowest BCUT2D eigenvalue weighted by molar-refractivity contribution is -0.123. The first-order valence-corrected chi connectivity index (χ1v) is 8.12. The number of rotatable bonds is 9. The minimum atomic E-state index is -0.370. The number of hydrogen-bond acceptors (Lipinski definition) is 4. The van der Waals surface area contributed by atoms with Crippen molar-refractivity contribution in [2.24, 2.45) is 0 Å². The average Bonchev–Trinajstić information content (AvgIpc) is 2.58. The molecule has 2 N–H and O–H groups in total. The van der Waals surface area contributed by atoms with Crippen LogP contribution in [0.25, 0.3) is 6.08 Å². The van der Waals surface area contributed by atoms with Crippen molar-refractivity contribution in [3.8, 4) is 11.5 Å². The Morgan fingerprint density at radius 3 is 2.62 bits per heavy atom. The molecule has 7 heteroatoms. The molecule has 0 fully saturated rings. The van der Waals surface area contributed by atoms with Crippen molar-refractivity contribution in [1.82, 2.24) is 10.6 Å². The van der Waals surface area contributed by atoms with Crippen LogP contribution in [0.5, 0.6) is 11.5 Å². The van der Waals surface area contributed by atoms with Gasteiger partial charge >= 0.3 is 0 Å². The van der Waals surface area contributed by atoms with Gasteiger partial charge in [-0.3, -0.25) is 9.59 Å². The second-order valence-corrected chi connectivity index (χ2v) is 5.28. The molecule has 6 nitrogen and oxygen atoms in total. The van der Waals surface area contributed by atoms with Crippen LogP contribution in [0.3, 0.4) is 0 Å². The smallest absolute Gasteiger partial charge is 0.244 e. The van der Waals surface area contributed by atoms with Crippen molar-refractivity contribution in [2.45, 2.75) is 20.3 Å². The summed E-state index contributed by atoms with van der Waals surface area (Å²) in [7, 11) is 1.52. The second-order valence-electron chi connectivity index (χ2n) is 4.87. The number of carbonyl (C=O) groups excluding carboxylic acids is 2. The van der Waals surface area contributed by atoms with Gasteiger partial charge in [-0.1, -0.05) is 18.5 Å². The molecule has 0 radical (unpaired) electrons. The Labute approximate surface area is 147 Å². The fraction of sp³-hybridized carbons (Fsp3) is 0.412. The van der Waals surface area contributed by atoms with E-state index in [1.165, 1.54) is 13.2 Å². The van der Waals surface area contributed by atoms with Crippen molar-refractivity contribution in [1.29, 1.82) is 0 Å². The fourth-order valence-electron chi connectivity index (χ4n) is 1.85. The predicted octanol–water partition coefficient (Wildman–Crippen LogP) is 2.40. The Kier molecular flexibility index (Phi) is 8.71. The minimum Gasteiger partial charge on any atom is -0.493 e. The molecule has 0 heterocycles. The molecule has 1 rings (SSSR count). The van der Waals surface area contributed by atoms with Crippen LogP contribution in [0, 0.1) is 0 Å². The van der Waals surface area contributed by atoms with Gasteiger partial charge in [0.25, 0.3) is 0 Å². The number of carbonyl (C=O) groups is 2. The van der Waals surface area contributed by atoms with Crippen LogP contribution in [-0.2, 0) is 9.59 Å². The summed E-state index contributed by atoms with van der Waals surface area (Å²) >= 11 is 6.17. The van der Waals surface area contributed by atoms with E-state index in [4.69, 9.17) is 21.1 Å². The van der Waals surface area contributed by atoms with Gasteiger partial charge in [0.05, 0.1) is 25.3 Å². The van der Waals surface area contributed by atoms with Gasteiger partial charge in [-0.25, -0.2) is 0 Å². The van der Waals surface area contributed by atoms with E-state index in [9.17, 15) is 9.59 Å². The van der Waals surface area contributed by atoms with Gasteiger partial charge in [0, 0.05) is 12.6 Å². The maximum absolute atomic E-state index is 11.7. The van der Waals surface area contributed by atoms with E-state index >= 15 is 0 Å². The summed E-state index contributed by atoms with van der Waals surface area (Å²) in [4.78, 5) is 23.1. The van der Waals surface area contributed by atoms with E-state index in [0.717, 1.165) is 6.42 Å². The van der Waals surface area contributed by atoms with E-state index in [0.29, 0.717) is 35.2 Å². The second kappa shape index (κ2) is 10.5. The van der Waals surface area contributed by atoms with Crippen molar-refractivity contribution < 1.29 is 19.1 Å². The Bertz CT molecular complexity index is 602. The SMILES string of the molecule is CCCNC(=O)CNC(=O)/C=C/c1cc(Cl)c(OCC)c(OC)c1. The number of methoxy groups -OCH3 is 1. The summed E-state index contributed by atoms with van der Waals surface area (Å²) in [6.07, 6.45) is 3.77. The van der Waals surface area contributed by atoms with Crippen LogP contribution in [-0.4, -0.2) is 38.6 Å². The number of benzene rings is 1. The van der Waals surface area contributed by atoms with E-state index in [1.54, 1.807) is 18.2 Å². The standard InChI is InChI=1S/C17H23ClN2O4/c1-4-8-19-16(22)11-20-15(21)7-6-12-9-13(18)17(24-5-2)14(10-12)23-3/h6-7,9-10H,4-5,8,11H2,1-3H3,(H,19,22)(H,20,21)/b7-6+. The van der Waals surface area contributed by atoms with Crippen molar-refractivity contribution in [2.75, 3.05) is 26.8 Å². The zero-order valence-electron chi connectivity index (χ0n) is 14.1. The van der Waals surface area contributed by atoms with Gasteiger partial charge < -0.3 is 20.1 Å². The minimum absolute atomic E-state index is 0.0590. The molecule has 2 amide bonds. The topological polar surface area (TPSA) is 76.7 Å². The first-order chi connectivity index (χ1) is 11.5. The number of hydrogen-bond donors (Lipinski definition) is 2. The molecule has 24 heavy (non-hydrogen) atoms. The third kappa shape index (κ3) is 6.50. The van der Waals surface area contributed by atoms with Gasteiger partial charge in [-0.2, -0.15) is 0 Å². The van der Waals surface area contributed by atoms with Crippen molar-refractivity contribution in [3.63, 3.8) is 0 Å². The molecule has 0 unspecified atom stereocenters. The van der Waals surface area contributed by atoms with E-state index in [-0.39, 0.29) is 18.4 Å². The molecule has 0 aliphatic carbocycles. The molecular weight excluding hydrogens is 332 g/mol. The summed E-state index contributed by atoms with van der Waals surface area (Å²) in [6, 6.07) is 3.39. The van der Waals surface area contributed by atoms with E-state index in [2.05, 4.69) is 10.6 Å². The number of nitrogens with one attached hydrogen (secondary N) is 2. The van der Waals surface area contributed by atoms with Gasteiger partial charge in [0.1, 0.15) is 0 Å². The van der Waals surface area contributed by atoms with E-state index < -0.39 is 0 Å². The highest BCUT2D eigenvalue weighted by molar-refractivity contribution is 6.32. The van der Waals surface area contributed by atoms with Crippen molar-refractivity contribution in [3.05, 3.63) is 28.8 Å². The largest absolute Gasteiger partial charge is 0.493 e. The van der Waals surface area contributed by atoms with Gasteiger partial charge in [-0.15, -0.1) is 0 Å². The predicted molar refractivity (Wildman–Crippen MR) is 94.5 cm³/mol. The number of ether oxygens (including phenoxy) is 2. The lowest BCUT2D eigenvalue weighted by Gasteiger charge is -2.11. The molecule has 1 aromatic rings. The van der Waals surface area contributed by atoms with Crippen LogP contribution in [0.15, 0.2) is 18.2 Å². The summed E-state index contributed by atoms with van der Waals surface area (Å²) in [5, 5.41) is 5.58. The molecule has 0 bridgehead atoms. The molecule has 0 atom stereocenters. The zero-order valence-corrected chi connectivity index (χ0v) is 14.9. The quantitative estimate of drug-likeness (QED) is 0.668. The molecule has 0 aromatic heterocycles. The highest BCUT2D eigenvalue weighted by Crippen LogP contribution is 2.36. The Morgan fingerprint density at radius 2 is 2.00 bits per heavy atom. The third-order valence-corrected chi connectivity index (χ3v) is 3.24. The summed E-state index contributed by atoms with van der Waals surface area (Å²) in [5.74, 6) is 0.370. The maximum atomic E-state index is 11.7. The highest BCUT2D eigenvalue weighted by Gasteiger charge is 2.10. The van der Waals surface area contributed by atoms with Gasteiger partial charge in [0.2, 0.25) is 11.8 Å². The molecule has 132 valence electrons. The summed E-state index contributed by atoms with van der Waals surface area (Å²) < 4.78 is 10.7. The molecule has 0 saturated heterocycles. The molecule has 0 aliphatic rings. The normalized spacial score (nSPS) is 10.5. The Morgan fingerprint density at radius 1 is 1.25 bits per heavy atom. The van der Waals surface area contributed by atoms with Crippen LogP contribution >= 0.6 is 11.6 Å². The van der Waals surface area contributed by atoms with Crippen LogP contribution in [0.1, 0.15) is 25.8 Å². The maximum Gasteiger partial charge on any atom is 0.244 e. The highest BCUT2D eigenvalue weighted by atomic mass is 35.5. The van der Waals surface area contributed by atoms with Crippen LogP contribution in [0.4, 0.5) is 0 Å². The third-order valence-electron chi connectivity index (χ3n) is 2.96. The fourth-order valence-corrected chi connectivity index (χ4v) is 2.12. The van der Waals surface area contributed by atoms with Crippen molar-refractivity contribution >= 4 is 29.5 Å². The van der Waals surface area contributed by atoms with Crippen LogP contribution < -0.4 is 20.1 Å². The summed E-state index contributed by atoms with van der Waals surface area (Å²) in [5.41, 5.74) is 0.686. The zero-order chi connectivity index (χ0) is 17.9. The first kappa shape index (κ1) is 19.8. The Hall–Kier alpha value is -2.21.